The summed E-state index contributed by atoms with van der Waals surface area (Å²) in [6.45, 7) is 5.80. The van der Waals surface area contributed by atoms with E-state index in [1.54, 1.807) is 26.1 Å². The zero-order chi connectivity index (χ0) is 23.0. The Kier molecular flexibility index (Phi) is 6.17. The lowest BCUT2D eigenvalue weighted by Gasteiger charge is -2.14. The summed E-state index contributed by atoms with van der Waals surface area (Å²) in [6.07, 6.45) is 0. The topological polar surface area (TPSA) is 64.0 Å². The Hall–Kier alpha value is -2.97. The van der Waals surface area contributed by atoms with Crippen molar-refractivity contribution < 1.29 is 9.18 Å². The van der Waals surface area contributed by atoms with Gasteiger partial charge in [-0.05, 0) is 49.6 Å². The first kappa shape index (κ1) is 22.2. The highest BCUT2D eigenvalue weighted by Gasteiger charge is 2.21. The predicted molar refractivity (Wildman–Crippen MR) is 130 cm³/mol. The lowest BCUT2D eigenvalue weighted by atomic mass is 10.0. The maximum atomic E-state index is 13.8. The Morgan fingerprint density at radius 2 is 1.94 bits per heavy atom. The van der Waals surface area contributed by atoms with Gasteiger partial charge >= 0.3 is 0 Å². The smallest absolute Gasteiger partial charge is 0.263 e. The lowest BCUT2D eigenvalue weighted by Crippen LogP contribution is -2.25. The monoisotopic (exact) mass is 467 g/mol. The molecular weight excluding hydrogens is 445 g/mol. The Labute approximate surface area is 193 Å². The number of halogens is 1. The summed E-state index contributed by atoms with van der Waals surface area (Å²) in [5, 5.41) is 4.98. The number of para-hydroxylation sites is 1. The number of carbonyl (C=O) groups is 1. The highest BCUT2D eigenvalue weighted by Crippen LogP contribution is 2.33. The number of thioether (sulfide) groups is 1. The molecule has 0 spiro atoms. The van der Waals surface area contributed by atoms with Gasteiger partial charge in [-0.1, -0.05) is 42.1 Å². The first-order chi connectivity index (χ1) is 15.3. The Morgan fingerprint density at radius 1 is 1.19 bits per heavy atom. The van der Waals surface area contributed by atoms with Crippen molar-refractivity contribution in [1.29, 1.82) is 0 Å². The number of hydrogen-bond acceptors (Lipinski definition) is 5. The van der Waals surface area contributed by atoms with Crippen LogP contribution in [-0.2, 0) is 11.8 Å². The molecule has 2 aromatic carbocycles. The number of amides is 1. The molecule has 1 amide bonds. The molecule has 0 fully saturated rings. The van der Waals surface area contributed by atoms with E-state index in [1.165, 1.54) is 45.4 Å². The fourth-order valence-corrected chi connectivity index (χ4v) is 5.15. The van der Waals surface area contributed by atoms with Gasteiger partial charge in [0.2, 0.25) is 5.91 Å². The lowest BCUT2D eigenvalue weighted by molar-refractivity contribution is -0.115. The largest absolute Gasteiger partial charge is 0.323 e. The molecule has 32 heavy (non-hydrogen) atoms. The van der Waals surface area contributed by atoms with Crippen LogP contribution in [0, 0.1) is 19.7 Å². The average molecular weight is 468 g/mol. The van der Waals surface area contributed by atoms with Gasteiger partial charge in [0.05, 0.1) is 16.3 Å². The van der Waals surface area contributed by atoms with Gasteiger partial charge in [-0.25, -0.2) is 9.37 Å². The fourth-order valence-electron chi connectivity index (χ4n) is 3.29. The molecule has 8 heteroatoms. The fraction of sp³-hybridized carbons (Fsp3) is 0.208. The molecule has 0 radical (unpaired) electrons. The van der Waals surface area contributed by atoms with Crippen LogP contribution in [0.4, 0.5) is 10.1 Å². The van der Waals surface area contributed by atoms with E-state index in [-0.39, 0.29) is 17.2 Å². The number of anilines is 1. The average Bonchev–Trinajstić information content (AvgIpc) is 3.19. The minimum Gasteiger partial charge on any atom is -0.323 e. The number of carbonyl (C=O) groups excluding carboxylic acids is 1. The first-order valence-electron chi connectivity index (χ1n) is 10.0. The van der Waals surface area contributed by atoms with Crippen LogP contribution in [0.2, 0.25) is 0 Å². The molecule has 1 atom stereocenters. The Morgan fingerprint density at radius 3 is 2.66 bits per heavy atom. The molecule has 4 rings (SSSR count). The van der Waals surface area contributed by atoms with Gasteiger partial charge in [0.15, 0.2) is 5.16 Å². The number of thiophene rings is 1. The van der Waals surface area contributed by atoms with E-state index >= 15 is 0 Å². The molecule has 0 aliphatic rings. The number of benzene rings is 2. The molecule has 0 aliphatic heterocycles. The summed E-state index contributed by atoms with van der Waals surface area (Å²) < 4.78 is 15.3. The quantitative estimate of drug-likeness (QED) is 0.309. The first-order valence-corrected chi connectivity index (χ1v) is 11.8. The van der Waals surface area contributed by atoms with E-state index in [0.717, 1.165) is 16.7 Å². The van der Waals surface area contributed by atoms with Crippen molar-refractivity contribution in [3.05, 3.63) is 75.1 Å². The molecule has 0 bridgehead atoms. The van der Waals surface area contributed by atoms with Crippen molar-refractivity contribution >= 4 is 44.9 Å². The second-order valence-corrected chi connectivity index (χ2v) is 9.78. The Bertz CT molecular complexity index is 1390. The maximum Gasteiger partial charge on any atom is 0.263 e. The van der Waals surface area contributed by atoms with E-state index < -0.39 is 11.1 Å². The minimum absolute atomic E-state index is 0.124. The van der Waals surface area contributed by atoms with Crippen molar-refractivity contribution in [2.45, 2.75) is 31.2 Å². The molecule has 0 aliphatic carbocycles. The van der Waals surface area contributed by atoms with Crippen molar-refractivity contribution in [2.24, 2.45) is 7.05 Å². The number of nitrogens with one attached hydrogen (secondary N) is 1. The Balaban J connectivity index is 1.64. The molecule has 0 saturated heterocycles. The molecule has 5 nitrogen and oxygen atoms in total. The second kappa shape index (κ2) is 8.88. The van der Waals surface area contributed by atoms with E-state index in [9.17, 15) is 14.0 Å². The third-order valence-corrected chi connectivity index (χ3v) is 7.39. The summed E-state index contributed by atoms with van der Waals surface area (Å²) in [7, 11) is 1.65. The summed E-state index contributed by atoms with van der Waals surface area (Å²) >= 11 is 2.57. The number of aromatic nitrogens is 2. The van der Waals surface area contributed by atoms with Gasteiger partial charge in [0.1, 0.15) is 10.6 Å². The summed E-state index contributed by atoms with van der Waals surface area (Å²) in [5.41, 5.74) is 4.17. The number of aryl methyl sites for hydroxylation is 2. The summed E-state index contributed by atoms with van der Waals surface area (Å²) in [6, 6.07) is 12.1. The van der Waals surface area contributed by atoms with E-state index in [0.29, 0.717) is 15.4 Å². The van der Waals surface area contributed by atoms with Crippen LogP contribution in [0.1, 0.15) is 18.1 Å². The normalized spacial score (nSPS) is 12.2. The van der Waals surface area contributed by atoms with E-state index in [2.05, 4.69) is 23.3 Å². The highest BCUT2D eigenvalue weighted by molar-refractivity contribution is 8.00. The van der Waals surface area contributed by atoms with Crippen LogP contribution in [0.5, 0.6) is 0 Å². The van der Waals surface area contributed by atoms with Gasteiger partial charge < -0.3 is 5.32 Å². The van der Waals surface area contributed by atoms with E-state index in [4.69, 9.17) is 0 Å². The van der Waals surface area contributed by atoms with Crippen LogP contribution in [0.15, 0.2) is 57.8 Å². The number of fused-ring (bicyclic) bond motifs is 1. The predicted octanol–water partition coefficient (Wildman–Crippen LogP) is 5.54. The molecule has 0 saturated carbocycles. The van der Waals surface area contributed by atoms with Crippen molar-refractivity contribution in [3.8, 4) is 11.1 Å². The van der Waals surface area contributed by atoms with Gasteiger partial charge in [-0.15, -0.1) is 11.3 Å². The number of rotatable bonds is 5. The van der Waals surface area contributed by atoms with Gasteiger partial charge in [-0.2, -0.15) is 0 Å². The number of hydrogen-bond donors (Lipinski definition) is 1. The van der Waals surface area contributed by atoms with Gasteiger partial charge in [0.25, 0.3) is 5.56 Å². The zero-order valence-electron chi connectivity index (χ0n) is 18.1. The van der Waals surface area contributed by atoms with Crippen LogP contribution in [0.3, 0.4) is 0 Å². The van der Waals surface area contributed by atoms with E-state index in [1.807, 2.05) is 24.4 Å². The molecule has 4 aromatic rings. The van der Waals surface area contributed by atoms with Crippen molar-refractivity contribution in [1.82, 2.24) is 9.55 Å². The van der Waals surface area contributed by atoms with Gasteiger partial charge in [-0.3, -0.25) is 14.2 Å². The van der Waals surface area contributed by atoms with Crippen molar-refractivity contribution in [2.75, 3.05) is 5.32 Å². The molecule has 1 N–H and O–H groups in total. The zero-order valence-corrected chi connectivity index (χ0v) is 19.7. The minimum atomic E-state index is -0.579. The van der Waals surface area contributed by atoms with Crippen LogP contribution in [0.25, 0.3) is 21.3 Å². The molecule has 2 aromatic heterocycles. The maximum absolute atomic E-state index is 13.8. The second-order valence-electron chi connectivity index (χ2n) is 7.62. The standard InChI is InChI=1S/C24H22FN3O2S2/c1-13-9-10-16(11-14(13)2)17-12-31-22-20(17)23(30)28(4)24(27-22)32-15(3)21(29)26-19-8-6-5-7-18(19)25/h5-12,15H,1-4H3,(H,26,29). The molecule has 1 unspecified atom stereocenters. The SMILES string of the molecule is Cc1ccc(-c2csc3nc(SC(C)C(=O)Nc4ccccc4F)n(C)c(=O)c23)cc1C. The molecule has 164 valence electrons. The molecular formula is C24H22FN3O2S2. The van der Waals surface area contributed by atoms with Crippen molar-refractivity contribution in [3.63, 3.8) is 0 Å². The van der Waals surface area contributed by atoms with Gasteiger partial charge in [0, 0.05) is 18.0 Å². The third kappa shape index (κ3) is 4.20. The summed E-state index contributed by atoms with van der Waals surface area (Å²) in [5.74, 6) is -0.862. The summed E-state index contributed by atoms with van der Waals surface area (Å²) in [4.78, 5) is 31.1. The third-order valence-electron chi connectivity index (χ3n) is 5.38. The number of nitrogens with zero attached hydrogens (tertiary/aromatic N) is 2. The highest BCUT2D eigenvalue weighted by atomic mass is 32.2. The van der Waals surface area contributed by atoms with Crippen LogP contribution < -0.4 is 10.9 Å². The van der Waals surface area contributed by atoms with Crippen LogP contribution >= 0.6 is 23.1 Å². The van der Waals surface area contributed by atoms with Crippen LogP contribution in [-0.4, -0.2) is 20.7 Å². The molecule has 2 heterocycles.